The maximum Gasteiger partial charge on any atom is 0.233 e. The molecule has 0 aliphatic heterocycles. The summed E-state index contributed by atoms with van der Waals surface area (Å²) in [5.41, 5.74) is 2.18. The number of aldehydes is 2. The smallest absolute Gasteiger partial charge is 0.233 e. The average molecular weight is 511 g/mol. The van der Waals surface area contributed by atoms with Gasteiger partial charge in [-0.25, -0.2) is 0 Å². The van der Waals surface area contributed by atoms with Crippen LogP contribution in [0.1, 0.15) is 55.3 Å². The summed E-state index contributed by atoms with van der Waals surface area (Å²) in [4.78, 5) is 44.2. The van der Waals surface area contributed by atoms with Gasteiger partial charge in [0, 0.05) is 22.3 Å². The van der Waals surface area contributed by atoms with E-state index >= 15 is 0 Å². The summed E-state index contributed by atoms with van der Waals surface area (Å²) in [6.07, 6.45) is 1.65. The molecule has 0 fully saturated rings. The minimum Gasteiger partial charge on any atom is -0.494 e. The summed E-state index contributed by atoms with van der Waals surface area (Å²) < 4.78 is 10.5. The van der Waals surface area contributed by atoms with Gasteiger partial charge in [-0.1, -0.05) is 60.7 Å². The Kier molecular flexibility index (Phi) is 13.0. The predicted octanol–water partition coefficient (Wildman–Crippen LogP) is 6.55. The van der Waals surface area contributed by atoms with Crippen molar-refractivity contribution in [3.8, 4) is 11.5 Å². The van der Waals surface area contributed by atoms with Crippen molar-refractivity contribution < 1.29 is 28.7 Å². The third-order valence-corrected chi connectivity index (χ3v) is 4.93. The van der Waals surface area contributed by atoms with Crippen molar-refractivity contribution >= 4 is 24.1 Å². The number of Topliss-reactive ketones (excluding diaryl/α,β-unsaturated/α-hetero) is 2. The SMILES string of the molecule is CCOc1ccc(C(=O)C(=O)c2ccccc2)cc1.CCOc1ccc(C=O)cc1.O=Cc1ccccc1. The number of benzene rings is 4. The molecule has 0 atom stereocenters. The van der Waals surface area contributed by atoms with E-state index in [0.717, 1.165) is 23.9 Å². The van der Waals surface area contributed by atoms with Crippen LogP contribution in [0.15, 0.2) is 109 Å². The second kappa shape index (κ2) is 16.8. The minimum absolute atomic E-state index is 0.373. The van der Waals surface area contributed by atoms with Crippen LogP contribution in [0.5, 0.6) is 11.5 Å². The van der Waals surface area contributed by atoms with Crippen LogP contribution in [0.25, 0.3) is 0 Å². The molecule has 0 aliphatic carbocycles. The van der Waals surface area contributed by atoms with Crippen molar-refractivity contribution in [1.29, 1.82) is 0 Å². The number of rotatable bonds is 9. The largest absolute Gasteiger partial charge is 0.494 e. The van der Waals surface area contributed by atoms with Crippen molar-refractivity contribution in [1.82, 2.24) is 0 Å². The van der Waals surface area contributed by atoms with Gasteiger partial charge in [-0.2, -0.15) is 0 Å². The lowest BCUT2D eigenvalue weighted by Gasteiger charge is -2.04. The number of ketones is 2. The van der Waals surface area contributed by atoms with Gasteiger partial charge in [-0.15, -0.1) is 0 Å². The molecular formula is C32H30O6. The Morgan fingerprint density at radius 3 is 1.29 bits per heavy atom. The second-order valence-corrected chi connectivity index (χ2v) is 7.63. The quantitative estimate of drug-likeness (QED) is 0.144. The Bertz CT molecular complexity index is 1270. The normalized spacial score (nSPS) is 9.42. The van der Waals surface area contributed by atoms with Crippen LogP contribution in [-0.4, -0.2) is 37.4 Å². The molecule has 38 heavy (non-hydrogen) atoms. The molecule has 194 valence electrons. The molecule has 0 N–H and O–H groups in total. The van der Waals surface area contributed by atoms with Crippen molar-refractivity contribution in [2.24, 2.45) is 0 Å². The number of ether oxygens (including phenoxy) is 2. The molecule has 0 heterocycles. The third-order valence-electron chi connectivity index (χ3n) is 4.93. The number of hydrogen-bond acceptors (Lipinski definition) is 6. The Hall–Kier alpha value is -4.84. The molecule has 4 rings (SSSR count). The first kappa shape index (κ1) is 29.4. The molecule has 0 saturated carbocycles. The van der Waals surface area contributed by atoms with E-state index in [9.17, 15) is 19.2 Å². The van der Waals surface area contributed by atoms with E-state index in [-0.39, 0.29) is 0 Å². The molecule has 4 aromatic rings. The van der Waals surface area contributed by atoms with Gasteiger partial charge < -0.3 is 9.47 Å². The Morgan fingerprint density at radius 2 is 0.895 bits per heavy atom. The van der Waals surface area contributed by atoms with Gasteiger partial charge in [0.2, 0.25) is 11.6 Å². The second-order valence-electron chi connectivity index (χ2n) is 7.63. The highest BCUT2D eigenvalue weighted by molar-refractivity contribution is 6.49. The van der Waals surface area contributed by atoms with Crippen molar-refractivity contribution in [2.45, 2.75) is 13.8 Å². The number of carbonyl (C=O) groups is 4. The van der Waals surface area contributed by atoms with E-state index in [1.54, 1.807) is 91.0 Å². The summed E-state index contributed by atoms with van der Waals surface area (Å²) in [7, 11) is 0. The van der Waals surface area contributed by atoms with E-state index in [4.69, 9.17) is 9.47 Å². The van der Waals surface area contributed by atoms with Gasteiger partial charge in [0.25, 0.3) is 0 Å². The highest BCUT2D eigenvalue weighted by atomic mass is 16.5. The minimum atomic E-state index is -0.505. The molecule has 0 bridgehead atoms. The fraction of sp³-hybridized carbons (Fsp3) is 0.125. The van der Waals surface area contributed by atoms with Gasteiger partial charge in [0.05, 0.1) is 13.2 Å². The monoisotopic (exact) mass is 510 g/mol. The summed E-state index contributed by atoms with van der Waals surface area (Å²) in [6, 6.07) is 31.3. The molecule has 0 aromatic heterocycles. The lowest BCUT2D eigenvalue weighted by Crippen LogP contribution is -2.14. The maximum atomic E-state index is 12.0. The van der Waals surface area contributed by atoms with Crippen molar-refractivity contribution in [2.75, 3.05) is 13.2 Å². The predicted molar refractivity (Wildman–Crippen MR) is 148 cm³/mol. The first-order valence-corrected chi connectivity index (χ1v) is 12.1. The van der Waals surface area contributed by atoms with Crippen molar-refractivity contribution in [3.63, 3.8) is 0 Å². The van der Waals surface area contributed by atoms with Gasteiger partial charge in [0.1, 0.15) is 24.1 Å². The molecular weight excluding hydrogens is 480 g/mol. The molecule has 0 spiro atoms. The fourth-order valence-corrected chi connectivity index (χ4v) is 3.06. The van der Waals surface area contributed by atoms with Gasteiger partial charge in [-0.3, -0.25) is 19.2 Å². The first-order chi connectivity index (χ1) is 18.5. The zero-order valence-corrected chi connectivity index (χ0v) is 21.4. The van der Waals surface area contributed by atoms with E-state index in [1.807, 2.05) is 32.0 Å². The summed E-state index contributed by atoms with van der Waals surface area (Å²) in [5, 5.41) is 0. The lowest BCUT2D eigenvalue weighted by molar-refractivity contribution is 0.0817. The third kappa shape index (κ3) is 10.0. The molecule has 0 amide bonds. The van der Waals surface area contributed by atoms with E-state index in [2.05, 4.69) is 0 Å². The number of carbonyl (C=O) groups excluding carboxylic acids is 4. The highest BCUT2D eigenvalue weighted by Gasteiger charge is 2.17. The zero-order valence-electron chi connectivity index (χ0n) is 21.4. The van der Waals surface area contributed by atoms with Gasteiger partial charge >= 0.3 is 0 Å². The fourth-order valence-electron chi connectivity index (χ4n) is 3.06. The van der Waals surface area contributed by atoms with Crippen LogP contribution in [0.2, 0.25) is 0 Å². The standard InChI is InChI=1S/C16H14O3.C9H10O2.C7H6O/c1-2-19-14-10-8-13(9-11-14)16(18)15(17)12-6-4-3-5-7-12;1-2-11-9-5-3-8(7-10)4-6-9;8-6-7-4-2-1-3-5-7/h3-11H,2H2,1H3;3-7H,2H2,1H3;1-6H. The average Bonchev–Trinajstić information content (AvgIpc) is 2.99. The van der Waals surface area contributed by atoms with Crippen molar-refractivity contribution in [3.05, 3.63) is 131 Å². The summed E-state index contributed by atoms with van der Waals surface area (Å²) in [5.74, 6) is 0.489. The Morgan fingerprint density at radius 1 is 0.526 bits per heavy atom. The molecule has 0 aliphatic rings. The van der Waals surface area contributed by atoms with Crippen LogP contribution in [0, 0.1) is 0 Å². The van der Waals surface area contributed by atoms with Crippen LogP contribution in [0.4, 0.5) is 0 Å². The molecule has 4 aromatic carbocycles. The van der Waals surface area contributed by atoms with Crippen LogP contribution < -0.4 is 9.47 Å². The molecule has 6 nitrogen and oxygen atoms in total. The number of hydrogen-bond donors (Lipinski definition) is 0. The van der Waals surface area contributed by atoms with Crippen LogP contribution in [0.3, 0.4) is 0 Å². The molecule has 0 unspecified atom stereocenters. The topological polar surface area (TPSA) is 86.7 Å². The zero-order chi connectivity index (χ0) is 27.6. The van der Waals surface area contributed by atoms with Crippen LogP contribution in [-0.2, 0) is 0 Å². The summed E-state index contributed by atoms with van der Waals surface area (Å²) in [6.45, 7) is 5.03. The van der Waals surface area contributed by atoms with E-state index < -0.39 is 11.6 Å². The van der Waals surface area contributed by atoms with E-state index in [0.29, 0.717) is 35.7 Å². The van der Waals surface area contributed by atoms with Gasteiger partial charge in [0.15, 0.2) is 0 Å². The van der Waals surface area contributed by atoms with E-state index in [1.165, 1.54) is 0 Å². The Balaban J connectivity index is 0.000000224. The Labute approximate surface area is 222 Å². The lowest BCUT2D eigenvalue weighted by atomic mass is 10.0. The first-order valence-electron chi connectivity index (χ1n) is 12.1. The molecule has 6 heteroatoms. The van der Waals surface area contributed by atoms with Crippen LogP contribution >= 0.6 is 0 Å². The van der Waals surface area contributed by atoms with Gasteiger partial charge in [-0.05, 0) is 62.4 Å². The molecule has 0 saturated heterocycles. The summed E-state index contributed by atoms with van der Waals surface area (Å²) >= 11 is 0. The molecule has 0 radical (unpaired) electrons. The highest BCUT2D eigenvalue weighted by Crippen LogP contribution is 2.14. The maximum absolute atomic E-state index is 12.0.